The van der Waals surface area contributed by atoms with Gasteiger partial charge in [0.25, 0.3) is 0 Å². The van der Waals surface area contributed by atoms with Crippen LogP contribution in [0.2, 0.25) is 0 Å². The van der Waals surface area contributed by atoms with Crippen molar-refractivity contribution in [2.45, 2.75) is 39.0 Å². The van der Waals surface area contributed by atoms with E-state index in [1.807, 2.05) is 6.07 Å². The molecule has 2 nitrogen and oxygen atoms in total. The van der Waals surface area contributed by atoms with Crippen LogP contribution < -0.4 is 10.1 Å². The van der Waals surface area contributed by atoms with Crippen molar-refractivity contribution in [3.8, 4) is 5.75 Å². The van der Waals surface area contributed by atoms with Crippen LogP contribution in [0, 0.1) is 6.92 Å². The summed E-state index contributed by atoms with van der Waals surface area (Å²) in [5, 5.41) is 3.54. The zero-order valence-electron chi connectivity index (χ0n) is 12.2. The molecule has 0 radical (unpaired) electrons. The van der Waals surface area contributed by atoms with Crippen molar-refractivity contribution >= 4 is 15.9 Å². The summed E-state index contributed by atoms with van der Waals surface area (Å²) in [5.74, 6) is 0.923. The molecule has 0 spiro atoms. The number of hydrogen-bond donors (Lipinski definition) is 1. The van der Waals surface area contributed by atoms with Gasteiger partial charge in [-0.15, -0.1) is 0 Å². The second kappa shape index (κ2) is 6.63. The third-order valence-corrected chi connectivity index (χ3v) is 4.44. The summed E-state index contributed by atoms with van der Waals surface area (Å²) < 4.78 is 7.05. The quantitative estimate of drug-likeness (QED) is 0.826. The normalized spacial score (nSPS) is 14.2. The Morgan fingerprint density at radius 2 is 2.05 bits per heavy atom. The standard InChI is InChI=1S/C18H20BrNO/c1-13-3-2-4-14(9-13)12-21-17-7-8-18(19)15(10-17)11-20-16-5-6-16/h2-4,7-10,16,20H,5-6,11-12H2,1H3. The third-order valence-electron chi connectivity index (χ3n) is 3.66. The van der Waals surface area contributed by atoms with Gasteiger partial charge in [0.2, 0.25) is 0 Å². The number of ether oxygens (including phenoxy) is 1. The fourth-order valence-corrected chi connectivity index (χ4v) is 2.67. The van der Waals surface area contributed by atoms with E-state index in [4.69, 9.17) is 4.74 Å². The number of aryl methyl sites for hydroxylation is 1. The Morgan fingerprint density at radius 1 is 1.19 bits per heavy atom. The summed E-state index contributed by atoms with van der Waals surface area (Å²) in [6, 6.07) is 15.3. The minimum atomic E-state index is 0.610. The van der Waals surface area contributed by atoms with E-state index < -0.39 is 0 Å². The smallest absolute Gasteiger partial charge is 0.120 e. The molecule has 21 heavy (non-hydrogen) atoms. The molecular formula is C18H20BrNO. The van der Waals surface area contributed by atoms with Crippen molar-refractivity contribution in [2.75, 3.05) is 0 Å². The van der Waals surface area contributed by atoms with E-state index in [0.29, 0.717) is 12.6 Å². The molecule has 0 aliphatic heterocycles. The Labute approximate surface area is 134 Å². The zero-order valence-corrected chi connectivity index (χ0v) is 13.8. The molecule has 0 saturated heterocycles. The van der Waals surface area contributed by atoms with Crippen LogP contribution in [0.3, 0.4) is 0 Å². The Morgan fingerprint density at radius 3 is 2.81 bits per heavy atom. The first-order valence-corrected chi connectivity index (χ1v) is 8.20. The van der Waals surface area contributed by atoms with Gasteiger partial charge < -0.3 is 10.1 Å². The van der Waals surface area contributed by atoms with E-state index in [1.165, 1.54) is 29.5 Å². The summed E-state index contributed by atoms with van der Waals surface area (Å²) in [6.07, 6.45) is 2.61. The molecule has 1 aliphatic rings. The second-order valence-corrected chi connectivity index (χ2v) is 6.54. The van der Waals surface area contributed by atoms with E-state index >= 15 is 0 Å². The lowest BCUT2D eigenvalue weighted by atomic mass is 10.1. The summed E-state index contributed by atoms with van der Waals surface area (Å²) >= 11 is 3.61. The Balaban J connectivity index is 1.63. The molecule has 110 valence electrons. The van der Waals surface area contributed by atoms with Gasteiger partial charge in [-0.2, -0.15) is 0 Å². The van der Waals surface area contributed by atoms with Crippen LogP contribution in [0.15, 0.2) is 46.9 Å². The first-order chi connectivity index (χ1) is 10.2. The SMILES string of the molecule is Cc1cccc(COc2ccc(Br)c(CNC3CC3)c2)c1. The van der Waals surface area contributed by atoms with Gasteiger partial charge in [-0.3, -0.25) is 0 Å². The maximum absolute atomic E-state index is 5.92. The molecule has 3 rings (SSSR count). The molecule has 1 aliphatic carbocycles. The molecule has 2 aromatic rings. The van der Waals surface area contributed by atoms with Crippen LogP contribution in [0.1, 0.15) is 29.5 Å². The number of halogens is 1. The van der Waals surface area contributed by atoms with E-state index in [1.54, 1.807) is 0 Å². The second-order valence-electron chi connectivity index (χ2n) is 5.69. The van der Waals surface area contributed by atoms with Gasteiger partial charge in [-0.05, 0) is 49.1 Å². The topological polar surface area (TPSA) is 21.3 Å². The fourth-order valence-electron chi connectivity index (χ4n) is 2.29. The lowest BCUT2D eigenvalue weighted by molar-refractivity contribution is 0.305. The Kier molecular flexibility index (Phi) is 4.61. The van der Waals surface area contributed by atoms with E-state index in [-0.39, 0.29) is 0 Å². The molecule has 0 bridgehead atoms. The van der Waals surface area contributed by atoms with Gasteiger partial charge in [-0.1, -0.05) is 45.8 Å². The lowest BCUT2D eigenvalue weighted by Crippen LogP contribution is -2.15. The molecule has 0 amide bonds. The number of benzene rings is 2. The molecule has 0 aromatic heterocycles. The van der Waals surface area contributed by atoms with Crippen LogP contribution in [-0.4, -0.2) is 6.04 Å². The lowest BCUT2D eigenvalue weighted by Gasteiger charge is -2.11. The molecule has 3 heteroatoms. The molecule has 0 atom stereocenters. The molecule has 1 N–H and O–H groups in total. The molecular weight excluding hydrogens is 326 g/mol. The summed E-state index contributed by atoms with van der Waals surface area (Å²) in [6.45, 7) is 3.61. The van der Waals surface area contributed by atoms with Gasteiger partial charge >= 0.3 is 0 Å². The first kappa shape index (κ1) is 14.6. The zero-order chi connectivity index (χ0) is 14.7. The highest BCUT2D eigenvalue weighted by atomic mass is 79.9. The number of rotatable bonds is 6. The van der Waals surface area contributed by atoms with Crippen molar-refractivity contribution in [3.63, 3.8) is 0 Å². The maximum atomic E-state index is 5.92. The van der Waals surface area contributed by atoms with Gasteiger partial charge in [0, 0.05) is 17.1 Å². The Hall–Kier alpha value is -1.32. The van der Waals surface area contributed by atoms with Crippen LogP contribution in [0.25, 0.3) is 0 Å². The number of nitrogens with one attached hydrogen (secondary N) is 1. The van der Waals surface area contributed by atoms with Crippen molar-refractivity contribution in [2.24, 2.45) is 0 Å². The highest BCUT2D eigenvalue weighted by molar-refractivity contribution is 9.10. The van der Waals surface area contributed by atoms with Crippen molar-refractivity contribution < 1.29 is 4.74 Å². The van der Waals surface area contributed by atoms with E-state index in [0.717, 1.165) is 16.8 Å². The molecule has 0 heterocycles. The van der Waals surface area contributed by atoms with Crippen molar-refractivity contribution in [1.82, 2.24) is 5.32 Å². The predicted octanol–water partition coefficient (Wildman–Crippen LogP) is 4.59. The van der Waals surface area contributed by atoms with Crippen LogP contribution in [0.4, 0.5) is 0 Å². The Bertz CT molecular complexity index is 622. The molecule has 1 saturated carbocycles. The fraction of sp³-hybridized carbons (Fsp3) is 0.333. The van der Waals surface area contributed by atoms with Gasteiger partial charge in [0.1, 0.15) is 12.4 Å². The monoisotopic (exact) mass is 345 g/mol. The highest BCUT2D eigenvalue weighted by Gasteiger charge is 2.20. The summed E-state index contributed by atoms with van der Waals surface area (Å²) in [7, 11) is 0. The predicted molar refractivity (Wildman–Crippen MR) is 89.5 cm³/mol. The average molecular weight is 346 g/mol. The van der Waals surface area contributed by atoms with Crippen molar-refractivity contribution in [1.29, 1.82) is 0 Å². The van der Waals surface area contributed by atoms with Gasteiger partial charge in [0.15, 0.2) is 0 Å². The highest BCUT2D eigenvalue weighted by Crippen LogP contribution is 2.25. The summed E-state index contributed by atoms with van der Waals surface area (Å²) in [4.78, 5) is 0. The van der Waals surface area contributed by atoms with E-state index in [2.05, 4.69) is 64.6 Å². The van der Waals surface area contributed by atoms with Crippen LogP contribution in [0.5, 0.6) is 5.75 Å². The van der Waals surface area contributed by atoms with Crippen molar-refractivity contribution in [3.05, 3.63) is 63.6 Å². The first-order valence-electron chi connectivity index (χ1n) is 7.41. The summed E-state index contributed by atoms with van der Waals surface area (Å²) in [5.41, 5.74) is 3.72. The van der Waals surface area contributed by atoms with Crippen LogP contribution in [-0.2, 0) is 13.2 Å². The third kappa shape index (κ3) is 4.32. The van der Waals surface area contributed by atoms with Crippen LogP contribution >= 0.6 is 15.9 Å². The van der Waals surface area contributed by atoms with Gasteiger partial charge in [-0.25, -0.2) is 0 Å². The minimum absolute atomic E-state index is 0.610. The maximum Gasteiger partial charge on any atom is 0.120 e. The average Bonchev–Trinajstić information content (AvgIpc) is 3.29. The molecule has 2 aromatic carbocycles. The molecule has 1 fully saturated rings. The molecule has 0 unspecified atom stereocenters. The largest absolute Gasteiger partial charge is 0.489 e. The van der Waals surface area contributed by atoms with E-state index in [9.17, 15) is 0 Å². The number of hydrogen-bond acceptors (Lipinski definition) is 2. The van der Waals surface area contributed by atoms with Gasteiger partial charge in [0.05, 0.1) is 0 Å². The minimum Gasteiger partial charge on any atom is -0.489 e.